The first-order chi connectivity index (χ1) is 10.9. The Hall–Kier alpha value is -2.34. The van der Waals surface area contributed by atoms with Gasteiger partial charge in [0.15, 0.2) is 6.61 Å². The van der Waals surface area contributed by atoms with Crippen molar-refractivity contribution in [2.45, 2.75) is 33.3 Å². The van der Waals surface area contributed by atoms with E-state index in [2.05, 4.69) is 0 Å². The number of esters is 1. The first-order valence-corrected chi connectivity index (χ1v) is 7.45. The van der Waals surface area contributed by atoms with Crippen LogP contribution in [-0.4, -0.2) is 30.4 Å². The summed E-state index contributed by atoms with van der Waals surface area (Å²) in [7, 11) is 0. The van der Waals surface area contributed by atoms with Gasteiger partial charge in [-0.2, -0.15) is 0 Å². The molecule has 2 aromatic rings. The second-order valence-corrected chi connectivity index (χ2v) is 5.30. The van der Waals surface area contributed by atoms with E-state index in [9.17, 15) is 14.7 Å². The van der Waals surface area contributed by atoms with Crippen LogP contribution in [0.25, 0.3) is 11.0 Å². The summed E-state index contributed by atoms with van der Waals surface area (Å²) in [6.07, 6.45) is -0.383. The fourth-order valence-corrected chi connectivity index (χ4v) is 2.34. The van der Waals surface area contributed by atoms with Crippen LogP contribution >= 0.6 is 0 Å². The Bertz CT molecular complexity index is 760. The molecular weight excluding hydrogens is 300 g/mol. The fourth-order valence-electron chi connectivity index (χ4n) is 2.34. The van der Waals surface area contributed by atoms with Crippen molar-refractivity contribution in [3.63, 3.8) is 0 Å². The lowest BCUT2D eigenvalue weighted by Crippen LogP contribution is -2.16. The quantitative estimate of drug-likeness (QED) is 0.647. The third-order valence-corrected chi connectivity index (χ3v) is 3.42. The number of carbonyl (C=O) groups is 1. The van der Waals surface area contributed by atoms with Gasteiger partial charge in [0.1, 0.15) is 11.3 Å². The Morgan fingerprint density at radius 2 is 2.13 bits per heavy atom. The average molecular weight is 320 g/mol. The van der Waals surface area contributed by atoms with Crippen molar-refractivity contribution < 1.29 is 23.8 Å². The van der Waals surface area contributed by atoms with Crippen LogP contribution < -0.4 is 10.4 Å². The lowest BCUT2D eigenvalue weighted by Gasteiger charge is -2.10. The summed E-state index contributed by atoms with van der Waals surface area (Å²) in [5.74, 6) is -0.0473. The normalized spacial score (nSPS) is 12.2. The van der Waals surface area contributed by atoms with Crippen LogP contribution in [0.5, 0.6) is 5.75 Å². The van der Waals surface area contributed by atoms with E-state index in [1.165, 1.54) is 0 Å². The van der Waals surface area contributed by atoms with E-state index in [-0.39, 0.29) is 13.0 Å². The first-order valence-electron chi connectivity index (χ1n) is 7.45. The maximum atomic E-state index is 12.1. The van der Waals surface area contributed by atoms with Crippen LogP contribution in [0.2, 0.25) is 0 Å². The largest absolute Gasteiger partial charge is 0.482 e. The van der Waals surface area contributed by atoms with Crippen molar-refractivity contribution in [1.29, 1.82) is 0 Å². The molecule has 0 aliphatic rings. The lowest BCUT2D eigenvalue weighted by molar-refractivity contribution is -0.145. The molecule has 1 aromatic carbocycles. The Morgan fingerprint density at radius 1 is 1.39 bits per heavy atom. The van der Waals surface area contributed by atoms with Crippen molar-refractivity contribution in [1.82, 2.24) is 0 Å². The van der Waals surface area contributed by atoms with Gasteiger partial charge in [0.05, 0.1) is 12.7 Å². The minimum Gasteiger partial charge on any atom is -0.482 e. The van der Waals surface area contributed by atoms with Gasteiger partial charge < -0.3 is 19.0 Å². The van der Waals surface area contributed by atoms with Crippen molar-refractivity contribution in [2.24, 2.45) is 0 Å². The molecule has 0 amide bonds. The molecule has 0 spiro atoms. The number of aliphatic hydroxyl groups is 1. The number of fused-ring (bicyclic) bond motifs is 1. The number of hydrogen-bond acceptors (Lipinski definition) is 6. The zero-order valence-electron chi connectivity index (χ0n) is 13.4. The number of hydrogen-bond donors (Lipinski definition) is 1. The van der Waals surface area contributed by atoms with Crippen molar-refractivity contribution in [2.75, 3.05) is 13.2 Å². The minimum atomic E-state index is -0.624. The molecule has 0 aliphatic carbocycles. The molecule has 1 aromatic heterocycles. The third kappa shape index (κ3) is 4.10. The highest BCUT2D eigenvalue weighted by molar-refractivity contribution is 5.82. The molecular formula is C17H20O6. The summed E-state index contributed by atoms with van der Waals surface area (Å²) in [5, 5.41) is 10.3. The van der Waals surface area contributed by atoms with Gasteiger partial charge >= 0.3 is 11.6 Å². The number of benzene rings is 1. The Labute approximate surface area is 133 Å². The SMILES string of the molecule is CCOC(=O)COc1ccc2c(C)c(C[C@@H](C)O)c(=O)oc2c1. The van der Waals surface area contributed by atoms with Crippen LogP contribution in [0.1, 0.15) is 25.0 Å². The molecule has 0 radical (unpaired) electrons. The van der Waals surface area contributed by atoms with E-state index in [4.69, 9.17) is 13.9 Å². The van der Waals surface area contributed by atoms with Gasteiger partial charge in [0.25, 0.3) is 0 Å². The zero-order chi connectivity index (χ0) is 17.0. The van der Waals surface area contributed by atoms with E-state index in [1.54, 1.807) is 32.0 Å². The lowest BCUT2D eigenvalue weighted by atomic mass is 10.0. The minimum absolute atomic E-state index is 0.206. The highest BCUT2D eigenvalue weighted by atomic mass is 16.6. The summed E-state index contributed by atoms with van der Waals surface area (Å²) in [5.41, 5.74) is 1.14. The highest BCUT2D eigenvalue weighted by Crippen LogP contribution is 2.24. The predicted molar refractivity (Wildman–Crippen MR) is 84.7 cm³/mol. The number of aryl methyl sites for hydroxylation is 1. The Balaban J connectivity index is 2.30. The van der Waals surface area contributed by atoms with Crippen molar-refractivity contribution in [3.8, 4) is 5.75 Å². The highest BCUT2D eigenvalue weighted by Gasteiger charge is 2.14. The van der Waals surface area contributed by atoms with Gasteiger partial charge in [-0.05, 0) is 38.5 Å². The maximum Gasteiger partial charge on any atom is 0.344 e. The summed E-state index contributed by atoms with van der Waals surface area (Å²) >= 11 is 0. The molecule has 0 aliphatic heterocycles. The monoisotopic (exact) mass is 320 g/mol. The molecule has 0 saturated carbocycles. The van der Waals surface area contributed by atoms with E-state index in [1.807, 2.05) is 6.92 Å². The topological polar surface area (TPSA) is 86.0 Å². The Kier molecular flexibility index (Phi) is 5.39. The zero-order valence-corrected chi connectivity index (χ0v) is 13.4. The molecule has 23 heavy (non-hydrogen) atoms. The molecule has 124 valence electrons. The predicted octanol–water partition coefficient (Wildman–Crippen LogP) is 1.97. The summed E-state index contributed by atoms with van der Waals surface area (Å²) in [6, 6.07) is 5.02. The Morgan fingerprint density at radius 3 is 2.78 bits per heavy atom. The van der Waals surface area contributed by atoms with E-state index in [0.717, 1.165) is 10.9 Å². The van der Waals surface area contributed by atoms with Gasteiger partial charge in [0.2, 0.25) is 0 Å². The van der Waals surface area contributed by atoms with Gasteiger partial charge in [-0.25, -0.2) is 9.59 Å². The summed E-state index contributed by atoms with van der Waals surface area (Å²) < 4.78 is 15.4. The molecule has 0 unspecified atom stereocenters. The second kappa shape index (κ2) is 7.28. The molecule has 0 fully saturated rings. The number of aliphatic hydroxyl groups excluding tert-OH is 1. The average Bonchev–Trinajstić information content (AvgIpc) is 2.49. The third-order valence-electron chi connectivity index (χ3n) is 3.42. The molecule has 2 rings (SSSR count). The number of ether oxygens (including phenoxy) is 2. The van der Waals surface area contributed by atoms with Crippen molar-refractivity contribution >= 4 is 16.9 Å². The number of rotatable bonds is 6. The van der Waals surface area contributed by atoms with Gasteiger partial charge in [-0.3, -0.25) is 0 Å². The molecule has 0 saturated heterocycles. The molecule has 6 heteroatoms. The van der Waals surface area contributed by atoms with E-state index < -0.39 is 17.7 Å². The smallest absolute Gasteiger partial charge is 0.344 e. The van der Waals surface area contributed by atoms with Crippen LogP contribution in [-0.2, 0) is 16.0 Å². The van der Waals surface area contributed by atoms with Crippen LogP contribution in [0.15, 0.2) is 27.4 Å². The molecule has 1 N–H and O–H groups in total. The standard InChI is InChI=1S/C17H20O6/c1-4-21-16(19)9-22-12-5-6-13-11(3)14(7-10(2)18)17(20)23-15(13)8-12/h5-6,8,10,18H,4,7,9H2,1-3H3/t10-/m1/s1. The molecule has 1 heterocycles. The summed E-state index contributed by atoms with van der Waals surface area (Å²) in [6.45, 7) is 5.24. The van der Waals surface area contributed by atoms with Crippen LogP contribution in [0.4, 0.5) is 0 Å². The fraction of sp³-hybridized carbons (Fsp3) is 0.412. The van der Waals surface area contributed by atoms with E-state index >= 15 is 0 Å². The van der Waals surface area contributed by atoms with Crippen molar-refractivity contribution in [3.05, 3.63) is 39.7 Å². The summed E-state index contributed by atoms with van der Waals surface area (Å²) in [4.78, 5) is 23.4. The van der Waals surface area contributed by atoms with Gasteiger partial charge in [-0.15, -0.1) is 0 Å². The number of carbonyl (C=O) groups excluding carboxylic acids is 1. The first kappa shape index (κ1) is 17.0. The maximum absolute atomic E-state index is 12.1. The van der Waals surface area contributed by atoms with Gasteiger partial charge in [-0.1, -0.05) is 0 Å². The van der Waals surface area contributed by atoms with Crippen LogP contribution in [0.3, 0.4) is 0 Å². The second-order valence-electron chi connectivity index (χ2n) is 5.30. The van der Waals surface area contributed by atoms with Crippen LogP contribution in [0, 0.1) is 6.92 Å². The molecule has 1 atom stereocenters. The molecule has 6 nitrogen and oxygen atoms in total. The molecule has 0 bridgehead atoms. The van der Waals surface area contributed by atoms with Gasteiger partial charge in [0, 0.05) is 23.4 Å². The van der Waals surface area contributed by atoms with E-state index in [0.29, 0.717) is 23.5 Å².